The molecule has 1 fully saturated rings. The summed E-state index contributed by atoms with van der Waals surface area (Å²) < 4.78 is 0. The van der Waals surface area contributed by atoms with Crippen LogP contribution in [0.2, 0.25) is 0 Å². The second-order valence-corrected chi connectivity index (χ2v) is 9.43. The normalized spacial score (nSPS) is 21.1. The first kappa shape index (κ1) is 17.1. The molecule has 0 aliphatic heterocycles. The Labute approximate surface area is 155 Å². The van der Waals surface area contributed by atoms with Crippen molar-refractivity contribution >= 4 is 39.2 Å². The summed E-state index contributed by atoms with van der Waals surface area (Å²) in [6, 6.07) is 0.244. The number of amides is 1. The van der Waals surface area contributed by atoms with Gasteiger partial charge in [-0.25, -0.2) is 4.98 Å². The number of aromatic nitrogens is 2. The number of fused-ring (bicyclic) bond motifs is 3. The van der Waals surface area contributed by atoms with Crippen molar-refractivity contribution in [1.82, 2.24) is 15.3 Å². The molecule has 2 aliphatic carbocycles. The van der Waals surface area contributed by atoms with Crippen molar-refractivity contribution < 1.29 is 4.79 Å². The molecule has 2 aromatic heterocycles. The van der Waals surface area contributed by atoms with Crippen molar-refractivity contribution in [2.75, 3.05) is 5.75 Å². The van der Waals surface area contributed by atoms with Gasteiger partial charge in [-0.2, -0.15) is 0 Å². The second-order valence-electron chi connectivity index (χ2n) is 7.39. The minimum Gasteiger partial charge on any atom is -0.353 e. The highest BCUT2D eigenvalue weighted by atomic mass is 32.2. The number of nitrogens with one attached hydrogen (secondary N) is 2. The molecule has 25 heavy (non-hydrogen) atoms. The van der Waals surface area contributed by atoms with Gasteiger partial charge in [0.1, 0.15) is 4.83 Å². The highest BCUT2D eigenvalue weighted by Gasteiger charge is 2.29. The van der Waals surface area contributed by atoms with Gasteiger partial charge in [-0.05, 0) is 56.4 Å². The maximum atomic E-state index is 12.5. The molecule has 5 nitrogen and oxygen atoms in total. The number of aryl methyl sites for hydroxylation is 1. The average Bonchev–Trinajstić information content (AvgIpc) is 3.34. The molecule has 1 amide bonds. The molecule has 0 radical (unpaired) electrons. The first-order chi connectivity index (χ1) is 12.0. The van der Waals surface area contributed by atoms with E-state index in [9.17, 15) is 9.59 Å². The van der Waals surface area contributed by atoms with Gasteiger partial charge in [-0.3, -0.25) is 9.59 Å². The Bertz CT molecular complexity index is 869. The van der Waals surface area contributed by atoms with Gasteiger partial charge in [-0.15, -0.1) is 11.3 Å². The van der Waals surface area contributed by atoms with E-state index in [1.165, 1.54) is 35.0 Å². The molecule has 0 bridgehead atoms. The van der Waals surface area contributed by atoms with E-state index >= 15 is 0 Å². The number of rotatable bonds is 5. The van der Waals surface area contributed by atoms with Crippen LogP contribution in [0.1, 0.15) is 43.6 Å². The van der Waals surface area contributed by atoms with E-state index in [2.05, 4.69) is 29.1 Å². The zero-order chi connectivity index (χ0) is 17.6. The molecule has 2 heterocycles. The predicted octanol–water partition coefficient (Wildman–Crippen LogP) is 3.12. The Balaban J connectivity index is 1.49. The molecule has 2 atom stereocenters. The third-order valence-corrected chi connectivity index (χ3v) is 7.22. The van der Waals surface area contributed by atoms with E-state index < -0.39 is 0 Å². The van der Waals surface area contributed by atoms with E-state index in [4.69, 9.17) is 0 Å². The molecule has 1 saturated carbocycles. The topological polar surface area (TPSA) is 74.8 Å². The highest BCUT2D eigenvalue weighted by Crippen LogP contribution is 2.36. The number of H-pyrrole nitrogens is 1. The van der Waals surface area contributed by atoms with Gasteiger partial charge >= 0.3 is 0 Å². The Kier molecular flexibility index (Phi) is 4.62. The molecule has 2 N–H and O–H groups in total. The monoisotopic (exact) mass is 377 g/mol. The third kappa shape index (κ3) is 3.62. The number of nitrogens with zero attached hydrogens (tertiary/aromatic N) is 1. The van der Waals surface area contributed by atoms with Crippen LogP contribution >= 0.6 is 23.1 Å². The number of carbonyl (C=O) groups excluding carboxylic acids is 1. The van der Waals surface area contributed by atoms with Crippen LogP contribution in [0.15, 0.2) is 9.95 Å². The highest BCUT2D eigenvalue weighted by molar-refractivity contribution is 7.99. The van der Waals surface area contributed by atoms with Gasteiger partial charge in [-0.1, -0.05) is 18.7 Å². The minimum absolute atomic E-state index is 0.00597. The summed E-state index contributed by atoms with van der Waals surface area (Å²) in [5.74, 6) is 1.60. The summed E-state index contributed by atoms with van der Waals surface area (Å²) in [6.45, 7) is 4.32. The molecule has 4 rings (SSSR count). The smallest absolute Gasteiger partial charge is 0.260 e. The lowest BCUT2D eigenvalue weighted by Crippen LogP contribution is -2.35. The van der Waals surface area contributed by atoms with E-state index in [1.54, 1.807) is 11.3 Å². The zero-order valence-electron chi connectivity index (χ0n) is 14.6. The molecule has 134 valence electrons. The van der Waals surface area contributed by atoms with Gasteiger partial charge in [0.25, 0.3) is 5.56 Å². The van der Waals surface area contributed by atoms with E-state index in [-0.39, 0.29) is 23.3 Å². The van der Waals surface area contributed by atoms with E-state index in [1.807, 2.05) is 0 Å². The minimum atomic E-state index is -0.0636. The lowest BCUT2D eigenvalue weighted by molar-refractivity contribution is -0.119. The fourth-order valence-corrected chi connectivity index (χ4v) is 5.65. The zero-order valence-corrected chi connectivity index (χ0v) is 16.2. The van der Waals surface area contributed by atoms with Crippen molar-refractivity contribution in [2.24, 2.45) is 11.8 Å². The molecule has 0 spiro atoms. The van der Waals surface area contributed by atoms with Crippen molar-refractivity contribution in [1.29, 1.82) is 0 Å². The van der Waals surface area contributed by atoms with Gasteiger partial charge in [0.15, 0.2) is 5.16 Å². The summed E-state index contributed by atoms with van der Waals surface area (Å²) in [7, 11) is 0. The van der Waals surface area contributed by atoms with Crippen LogP contribution in [0.5, 0.6) is 0 Å². The number of hydrogen-bond donors (Lipinski definition) is 2. The van der Waals surface area contributed by atoms with Crippen LogP contribution < -0.4 is 10.9 Å². The van der Waals surface area contributed by atoms with Gasteiger partial charge < -0.3 is 10.3 Å². The van der Waals surface area contributed by atoms with Crippen molar-refractivity contribution in [3.05, 3.63) is 20.8 Å². The number of thiophene rings is 1. The molecule has 7 heteroatoms. The maximum absolute atomic E-state index is 12.5. The van der Waals surface area contributed by atoms with Gasteiger partial charge in [0, 0.05) is 10.9 Å². The van der Waals surface area contributed by atoms with Gasteiger partial charge in [0.2, 0.25) is 5.91 Å². The summed E-state index contributed by atoms with van der Waals surface area (Å²) >= 11 is 2.95. The van der Waals surface area contributed by atoms with Crippen molar-refractivity contribution in [2.45, 2.75) is 57.1 Å². The molecule has 2 aliphatic rings. The van der Waals surface area contributed by atoms with Crippen LogP contribution in [0.3, 0.4) is 0 Å². The Hall–Kier alpha value is -1.34. The predicted molar refractivity (Wildman–Crippen MR) is 102 cm³/mol. The van der Waals surface area contributed by atoms with Crippen LogP contribution in [-0.4, -0.2) is 27.7 Å². The Morgan fingerprint density at radius 1 is 1.44 bits per heavy atom. The van der Waals surface area contributed by atoms with Crippen LogP contribution in [-0.2, 0) is 17.6 Å². The van der Waals surface area contributed by atoms with Crippen molar-refractivity contribution in [3.63, 3.8) is 0 Å². The number of aromatic amines is 1. The summed E-state index contributed by atoms with van der Waals surface area (Å²) in [5, 5.41) is 4.34. The van der Waals surface area contributed by atoms with Crippen LogP contribution in [0.25, 0.3) is 10.2 Å². The fraction of sp³-hybridized carbons (Fsp3) is 0.611. The number of hydrogen-bond acceptors (Lipinski definition) is 5. The van der Waals surface area contributed by atoms with Crippen LogP contribution in [0.4, 0.5) is 0 Å². The first-order valence-corrected chi connectivity index (χ1v) is 10.8. The summed E-state index contributed by atoms with van der Waals surface area (Å²) in [4.78, 5) is 34.2. The molecule has 0 unspecified atom stereocenters. The SMILES string of the molecule is C[C@H]1CCc2c(sc3nc(SCC(=O)N[C@H](C)C4CC4)[nH]c(=O)c23)C1. The average molecular weight is 378 g/mol. The maximum Gasteiger partial charge on any atom is 0.260 e. The lowest BCUT2D eigenvalue weighted by Gasteiger charge is -2.17. The van der Waals surface area contributed by atoms with E-state index in [0.717, 1.165) is 29.5 Å². The first-order valence-electron chi connectivity index (χ1n) is 8.98. The van der Waals surface area contributed by atoms with Gasteiger partial charge in [0.05, 0.1) is 11.1 Å². The molecular formula is C18H23N3O2S2. The number of thioether (sulfide) groups is 1. The van der Waals surface area contributed by atoms with E-state index in [0.29, 0.717) is 17.0 Å². The molecule has 0 saturated heterocycles. The fourth-order valence-electron chi connectivity index (χ4n) is 3.54. The Morgan fingerprint density at radius 3 is 3.00 bits per heavy atom. The molecule has 2 aromatic rings. The molecule has 0 aromatic carbocycles. The Morgan fingerprint density at radius 2 is 2.24 bits per heavy atom. The molecular weight excluding hydrogens is 354 g/mol. The van der Waals surface area contributed by atoms with Crippen molar-refractivity contribution in [3.8, 4) is 0 Å². The summed E-state index contributed by atoms with van der Waals surface area (Å²) in [6.07, 6.45) is 5.56. The summed E-state index contributed by atoms with van der Waals surface area (Å²) in [5.41, 5.74) is 1.13. The second kappa shape index (κ2) is 6.76. The largest absolute Gasteiger partial charge is 0.353 e. The third-order valence-electron chi connectivity index (χ3n) is 5.20. The number of carbonyl (C=O) groups is 1. The quantitative estimate of drug-likeness (QED) is 0.620. The lowest BCUT2D eigenvalue weighted by atomic mass is 9.89. The standard InChI is InChI=1S/C18H23N3O2S2/c1-9-3-6-12-13(7-9)25-17-15(12)16(23)20-18(21-17)24-8-14(22)19-10(2)11-4-5-11/h9-11H,3-8H2,1-2H3,(H,19,22)(H,20,21,23)/t9-,10+/m0/s1. The van der Waals surface area contributed by atoms with Crippen LogP contribution in [0, 0.1) is 11.8 Å².